The van der Waals surface area contributed by atoms with Crippen LogP contribution in [0.15, 0.2) is 36.5 Å². The van der Waals surface area contributed by atoms with Gasteiger partial charge in [-0.2, -0.15) is 0 Å². The molecule has 0 N–H and O–H groups in total. The van der Waals surface area contributed by atoms with Gasteiger partial charge in [0, 0.05) is 17.7 Å². The Kier molecular flexibility index (Phi) is 2.91. The lowest BCUT2D eigenvalue weighted by molar-refractivity contribution is -0.660. The first kappa shape index (κ1) is 11.5. The second-order valence-electron chi connectivity index (χ2n) is 5.28. The molecule has 1 aliphatic rings. The average Bonchev–Trinajstić information content (AvgIpc) is 2.41. The van der Waals surface area contributed by atoms with Crippen LogP contribution >= 0.6 is 0 Å². The number of hydrogen-bond acceptors (Lipinski definition) is 0. The van der Waals surface area contributed by atoms with Crippen LogP contribution < -0.4 is 4.57 Å². The van der Waals surface area contributed by atoms with Gasteiger partial charge in [-0.1, -0.05) is 6.07 Å². The third-order valence-corrected chi connectivity index (χ3v) is 4.15. The molecule has 1 aliphatic carbocycles. The van der Waals surface area contributed by atoms with Crippen molar-refractivity contribution in [2.75, 3.05) is 0 Å². The maximum absolute atomic E-state index is 2.34. The van der Waals surface area contributed by atoms with Gasteiger partial charge in [0.05, 0.1) is 0 Å². The first-order valence-corrected chi connectivity index (χ1v) is 6.84. The van der Waals surface area contributed by atoms with Crippen LogP contribution in [0.25, 0.3) is 11.3 Å². The van der Waals surface area contributed by atoms with Crippen LogP contribution in [0, 0.1) is 6.92 Å². The first-order valence-electron chi connectivity index (χ1n) is 6.84. The van der Waals surface area contributed by atoms with Crippen molar-refractivity contribution in [1.82, 2.24) is 0 Å². The molecule has 0 amide bonds. The van der Waals surface area contributed by atoms with Gasteiger partial charge in [-0.15, -0.1) is 0 Å². The summed E-state index contributed by atoms with van der Waals surface area (Å²) in [7, 11) is 2.12. The van der Waals surface area contributed by atoms with Crippen molar-refractivity contribution in [3.8, 4) is 11.3 Å². The second kappa shape index (κ2) is 4.56. The molecule has 92 valence electrons. The predicted molar refractivity (Wildman–Crippen MR) is 74.4 cm³/mol. The monoisotopic (exact) mass is 238 g/mol. The van der Waals surface area contributed by atoms with Crippen LogP contribution in [-0.4, -0.2) is 0 Å². The Bertz CT molecular complexity index is 584. The Balaban J connectivity index is 2.17. The molecule has 0 radical (unpaired) electrons. The highest BCUT2D eigenvalue weighted by molar-refractivity contribution is 5.64. The third kappa shape index (κ3) is 1.84. The Hall–Kier alpha value is -1.63. The lowest BCUT2D eigenvalue weighted by Gasteiger charge is -2.19. The van der Waals surface area contributed by atoms with E-state index in [-0.39, 0.29) is 0 Å². The normalized spacial score (nSPS) is 14.3. The molecule has 0 unspecified atom stereocenters. The highest BCUT2D eigenvalue weighted by Crippen LogP contribution is 2.30. The summed E-state index contributed by atoms with van der Waals surface area (Å²) in [6.45, 7) is 2.28. The van der Waals surface area contributed by atoms with E-state index in [1.54, 1.807) is 11.1 Å². The van der Waals surface area contributed by atoms with Crippen molar-refractivity contribution in [2.24, 2.45) is 7.05 Å². The van der Waals surface area contributed by atoms with Gasteiger partial charge < -0.3 is 0 Å². The van der Waals surface area contributed by atoms with E-state index in [1.165, 1.54) is 42.5 Å². The van der Waals surface area contributed by atoms with Crippen LogP contribution in [0.4, 0.5) is 0 Å². The Morgan fingerprint density at radius 3 is 2.67 bits per heavy atom. The summed E-state index contributed by atoms with van der Waals surface area (Å²) in [5, 5.41) is 0. The Labute approximate surface area is 109 Å². The molecule has 0 saturated heterocycles. The molecule has 2 aromatic rings. The molecule has 1 aromatic carbocycles. The van der Waals surface area contributed by atoms with Gasteiger partial charge in [-0.3, -0.25) is 0 Å². The van der Waals surface area contributed by atoms with E-state index in [1.807, 2.05) is 0 Å². The molecule has 0 spiro atoms. The molecular weight excluding hydrogens is 218 g/mol. The fraction of sp³-hybridized carbons (Fsp3) is 0.353. The molecule has 1 nitrogen and oxygen atoms in total. The molecule has 0 aliphatic heterocycles. The maximum Gasteiger partial charge on any atom is 0.212 e. The zero-order valence-electron chi connectivity index (χ0n) is 11.2. The molecule has 3 rings (SSSR count). The summed E-state index contributed by atoms with van der Waals surface area (Å²) >= 11 is 0. The predicted octanol–water partition coefficient (Wildman–Crippen LogP) is 3.37. The van der Waals surface area contributed by atoms with Gasteiger partial charge in [0.1, 0.15) is 7.05 Å². The molecule has 1 heteroatoms. The van der Waals surface area contributed by atoms with Gasteiger partial charge in [0.2, 0.25) is 5.69 Å². The van der Waals surface area contributed by atoms with E-state index in [9.17, 15) is 0 Å². The summed E-state index contributed by atoms with van der Waals surface area (Å²) in [6.07, 6.45) is 7.33. The number of aromatic nitrogens is 1. The smallest absolute Gasteiger partial charge is 0.201 e. The van der Waals surface area contributed by atoms with Crippen molar-refractivity contribution >= 4 is 0 Å². The number of pyridine rings is 1. The number of nitrogens with zero attached hydrogens (tertiary/aromatic N) is 1. The number of fused-ring (bicyclic) bond motifs is 1. The van der Waals surface area contributed by atoms with Crippen molar-refractivity contribution in [3.05, 3.63) is 53.2 Å². The minimum absolute atomic E-state index is 1.26. The van der Waals surface area contributed by atoms with E-state index in [0.717, 1.165) is 0 Å². The summed E-state index contributed by atoms with van der Waals surface area (Å²) in [6, 6.07) is 11.0. The van der Waals surface area contributed by atoms with Crippen LogP contribution in [0.5, 0.6) is 0 Å². The van der Waals surface area contributed by atoms with Crippen LogP contribution in [-0.2, 0) is 19.9 Å². The topological polar surface area (TPSA) is 3.88 Å². The van der Waals surface area contributed by atoms with E-state index in [0.29, 0.717) is 0 Å². The van der Waals surface area contributed by atoms with E-state index in [2.05, 4.69) is 55.1 Å². The van der Waals surface area contributed by atoms with Crippen molar-refractivity contribution in [3.63, 3.8) is 0 Å². The number of rotatable bonds is 1. The number of aryl methyl sites for hydroxylation is 2. The van der Waals surface area contributed by atoms with E-state index in [4.69, 9.17) is 0 Å². The Morgan fingerprint density at radius 1 is 1.00 bits per heavy atom. The summed E-state index contributed by atoms with van der Waals surface area (Å²) in [4.78, 5) is 0. The minimum atomic E-state index is 1.26. The van der Waals surface area contributed by atoms with Gasteiger partial charge in [0.15, 0.2) is 6.20 Å². The molecule has 18 heavy (non-hydrogen) atoms. The quantitative estimate of drug-likeness (QED) is 0.671. The number of hydrogen-bond donors (Lipinski definition) is 0. The molecule has 1 heterocycles. The molecule has 0 saturated carbocycles. The summed E-state index contributed by atoms with van der Waals surface area (Å²) < 4.78 is 2.21. The standard InChI is InChI=1S/C17H20N/c1-13-15-8-4-3-7-14(15)10-11-16(13)17-9-5-6-12-18(17)2/h5-6,9-12H,3-4,7-8H2,1-2H3/q+1. The average molecular weight is 238 g/mol. The summed E-state index contributed by atoms with van der Waals surface area (Å²) in [5.74, 6) is 0. The molecule has 0 fully saturated rings. The van der Waals surface area contributed by atoms with Crippen LogP contribution in [0.1, 0.15) is 29.5 Å². The molecule has 0 bridgehead atoms. The van der Waals surface area contributed by atoms with Gasteiger partial charge in [0.25, 0.3) is 0 Å². The fourth-order valence-corrected chi connectivity index (χ4v) is 3.09. The molecule has 0 atom stereocenters. The van der Waals surface area contributed by atoms with Crippen molar-refractivity contribution in [1.29, 1.82) is 0 Å². The SMILES string of the molecule is Cc1c(-c2cccc[n+]2C)ccc2c1CCCC2. The zero-order valence-corrected chi connectivity index (χ0v) is 11.2. The lowest BCUT2D eigenvalue weighted by atomic mass is 9.86. The first-order chi connectivity index (χ1) is 8.77. The number of benzene rings is 1. The maximum atomic E-state index is 2.34. The molecular formula is C17H20N+. The highest BCUT2D eigenvalue weighted by Gasteiger charge is 2.18. The van der Waals surface area contributed by atoms with Crippen LogP contribution in [0.3, 0.4) is 0 Å². The van der Waals surface area contributed by atoms with Crippen molar-refractivity contribution < 1.29 is 4.57 Å². The van der Waals surface area contributed by atoms with Gasteiger partial charge >= 0.3 is 0 Å². The van der Waals surface area contributed by atoms with Gasteiger partial charge in [-0.25, -0.2) is 4.57 Å². The van der Waals surface area contributed by atoms with Crippen molar-refractivity contribution in [2.45, 2.75) is 32.6 Å². The Morgan fingerprint density at radius 2 is 1.83 bits per heavy atom. The largest absolute Gasteiger partial charge is 0.212 e. The molecule has 1 aromatic heterocycles. The van der Waals surface area contributed by atoms with Crippen LogP contribution in [0.2, 0.25) is 0 Å². The second-order valence-corrected chi connectivity index (χ2v) is 5.28. The summed E-state index contributed by atoms with van der Waals surface area (Å²) in [5.41, 5.74) is 7.35. The lowest BCUT2D eigenvalue weighted by Crippen LogP contribution is -2.30. The fourth-order valence-electron chi connectivity index (χ4n) is 3.09. The zero-order chi connectivity index (χ0) is 12.5. The van der Waals surface area contributed by atoms with E-state index >= 15 is 0 Å². The van der Waals surface area contributed by atoms with Gasteiger partial charge in [-0.05, 0) is 61.4 Å². The highest BCUT2D eigenvalue weighted by atomic mass is 14.9. The van der Waals surface area contributed by atoms with E-state index < -0.39 is 0 Å². The minimum Gasteiger partial charge on any atom is -0.201 e. The third-order valence-electron chi connectivity index (χ3n) is 4.15.